The number of ether oxygens (including phenoxy) is 1. The minimum atomic E-state index is -1.06. The largest absolute Gasteiger partial charge is 0.497 e. The first-order chi connectivity index (χ1) is 15.9. The molecular formula is C27H31N3O3. The molecule has 1 unspecified atom stereocenters. The van der Waals surface area contributed by atoms with Gasteiger partial charge in [-0.15, -0.1) is 0 Å². The summed E-state index contributed by atoms with van der Waals surface area (Å²) in [5.41, 5.74) is 2.37. The number of hydrogen-bond donors (Lipinski definition) is 1. The van der Waals surface area contributed by atoms with E-state index in [0.717, 1.165) is 54.4 Å². The summed E-state index contributed by atoms with van der Waals surface area (Å²) in [6.07, 6.45) is 5.18. The lowest BCUT2D eigenvalue weighted by Gasteiger charge is -2.44. The summed E-state index contributed by atoms with van der Waals surface area (Å²) < 4.78 is 7.40. The van der Waals surface area contributed by atoms with Crippen LogP contribution in [0.5, 0.6) is 5.75 Å². The average Bonchev–Trinajstić information content (AvgIpc) is 3.47. The molecule has 2 heterocycles. The molecule has 2 aromatic carbocycles. The molecule has 1 atom stereocenters. The molecule has 172 valence electrons. The molecule has 0 saturated heterocycles. The number of hydrogen-bond acceptors (Lipinski definition) is 3. The predicted molar refractivity (Wildman–Crippen MR) is 130 cm³/mol. The molecule has 1 aliphatic heterocycles. The Kier molecular flexibility index (Phi) is 5.39. The number of carbonyl (C=O) groups is 2. The lowest BCUT2D eigenvalue weighted by atomic mass is 9.93. The first-order valence-electron chi connectivity index (χ1n) is 11.9. The van der Waals surface area contributed by atoms with Crippen LogP contribution >= 0.6 is 0 Å². The van der Waals surface area contributed by atoms with Gasteiger partial charge in [-0.3, -0.25) is 14.5 Å². The Morgan fingerprint density at radius 2 is 1.85 bits per heavy atom. The summed E-state index contributed by atoms with van der Waals surface area (Å²) in [4.78, 5) is 29.4. The van der Waals surface area contributed by atoms with Crippen molar-refractivity contribution in [3.63, 3.8) is 0 Å². The fourth-order valence-corrected chi connectivity index (χ4v) is 5.29. The molecule has 3 aromatic rings. The van der Waals surface area contributed by atoms with Crippen LogP contribution in [0.15, 0.2) is 48.5 Å². The molecule has 1 fully saturated rings. The van der Waals surface area contributed by atoms with Gasteiger partial charge in [-0.1, -0.05) is 31.9 Å². The van der Waals surface area contributed by atoms with E-state index in [1.165, 1.54) is 5.56 Å². The van der Waals surface area contributed by atoms with E-state index in [-0.39, 0.29) is 17.9 Å². The molecule has 1 aromatic heterocycles. The Labute approximate surface area is 194 Å². The van der Waals surface area contributed by atoms with Crippen molar-refractivity contribution in [1.82, 2.24) is 9.88 Å². The zero-order valence-corrected chi connectivity index (χ0v) is 19.6. The van der Waals surface area contributed by atoms with E-state index in [1.54, 1.807) is 12.0 Å². The first kappa shape index (κ1) is 21.6. The smallest absolute Gasteiger partial charge is 0.275 e. The van der Waals surface area contributed by atoms with Crippen LogP contribution in [0.25, 0.3) is 10.9 Å². The number of amides is 2. The van der Waals surface area contributed by atoms with Crippen LogP contribution in [0.1, 0.15) is 55.6 Å². The predicted octanol–water partition coefficient (Wildman–Crippen LogP) is 4.69. The maximum Gasteiger partial charge on any atom is 0.275 e. The van der Waals surface area contributed by atoms with Crippen molar-refractivity contribution in [2.75, 3.05) is 12.0 Å². The van der Waals surface area contributed by atoms with Gasteiger partial charge in [0, 0.05) is 23.2 Å². The molecule has 2 amide bonds. The number of methoxy groups -OCH3 is 1. The zero-order chi connectivity index (χ0) is 23.2. The van der Waals surface area contributed by atoms with E-state index in [4.69, 9.17) is 4.74 Å². The highest BCUT2D eigenvalue weighted by atomic mass is 16.5. The molecule has 6 heteroatoms. The van der Waals surface area contributed by atoms with Crippen LogP contribution in [0.2, 0.25) is 0 Å². The highest BCUT2D eigenvalue weighted by Crippen LogP contribution is 2.37. The van der Waals surface area contributed by atoms with E-state index in [1.807, 2.05) is 60.0 Å². The number of aryl methyl sites for hydroxylation is 1. The number of nitrogens with zero attached hydrogens (tertiary/aromatic N) is 2. The van der Waals surface area contributed by atoms with E-state index in [9.17, 15) is 9.59 Å². The quantitative estimate of drug-likeness (QED) is 0.620. The normalized spacial score (nSPS) is 20.8. The Morgan fingerprint density at radius 1 is 1.12 bits per heavy atom. The van der Waals surface area contributed by atoms with Crippen LogP contribution in [0, 0.1) is 0 Å². The van der Waals surface area contributed by atoms with Crippen LogP contribution < -0.4 is 15.0 Å². The SMILES string of the molecule is CCc1ccc(N2C(=O)c3cc4ccc(OC)cc4n3CC2(C)C(=O)NC2CCCC2)cc1. The Hall–Kier alpha value is -3.28. The maximum atomic E-state index is 13.9. The van der Waals surface area contributed by atoms with E-state index < -0.39 is 5.54 Å². The van der Waals surface area contributed by atoms with Crippen molar-refractivity contribution in [3.05, 3.63) is 59.8 Å². The van der Waals surface area contributed by atoms with Crippen LogP contribution in [-0.4, -0.2) is 35.1 Å². The van der Waals surface area contributed by atoms with Crippen molar-refractivity contribution < 1.29 is 14.3 Å². The minimum absolute atomic E-state index is 0.0993. The fourth-order valence-electron chi connectivity index (χ4n) is 5.29. The number of benzene rings is 2. The van der Waals surface area contributed by atoms with E-state index in [0.29, 0.717) is 12.2 Å². The molecule has 5 rings (SSSR count). The second kappa shape index (κ2) is 8.25. The maximum absolute atomic E-state index is 13.9. The average molecular weight is 446 g/mol. The van der Waals surface area contributed by atoms with Gasteiger partial charge in [0.25, 0.3) is 5.91 Å². The summed E-state index contributed by atoms with van der Waals surface area (Å²) >= 11 is 0. The lowest BCUT2D eigenvalue weighted by molar-refractivity contribution is -0.127. The molecule has 0 spiro atoms. The second-order valence-corrected chi connectivity index (χ2v) is 9.43. The molecular weight excluding hydrogens is 414 g/mol. The van der Waals surface area contributed by atoms with Crippen LogP contribution in [-0.2, 0) is 17.8 Å². The highest BCUT2D eigenvalue weighted by Gasteiger charge is 2.49. The Balaban J connectivity index is 1.63. The third-order valence-electron chi connectivity index (χ3n) is 7.28. The monoisotopic (exact) mass is 445 g/mol. The molecule has 33 heavy (non-hydrogen) atoms. The van der Waals surface area contributed by atoms with Gasteiger partial charge in [-0.05, 0) is 62.1 Å². The summed E-state index contributed by atoms with van der Waals surface area (Å²) in [6.45, 7) is 4.36. The third kappa shape index (κ3) is 3.58. The number of carbonyl (C=O) groups excluding carboxylic acids is 2. The topological polar surface area (TPSA) is 63.6 Å². The zero-order valence-electron chi connectivity index (χ0n) is 19.6. The number of fused-ring (bicyclic) bond motifs is 3. The van der Waals surface area contributed by atoms with Crippen LogP contribution in [0.3, 0.4) is 0 Å². The standard InChI is InChI=1S/C27H31N3O3/c1-4-18-9-12-21(13-10-18)30-25(31)24-15-19-11-14-22(33-3)16-23(19)29(24)17-27(30,2)26(32)28-20-7-5-6-8-20/h9-16,20H,4-8,17H2,1-3H3,(H,28,32). The number of rotatable bonds is 5. The summed E-state index contributed by atoms with van der Waals surface area (Å²) in [5.74, 6) is 0.466. The molecule has 0 bridgehead atoms. The van der Waals surface area contributed by atoms with Gasteiger partial charge in [0.15, 0.2) is 0 Å². The van der Waals surface area contributed by atoms with Crippen molar-refractivity contribution in [3.8, 4) is 5.75 Å². The Morgan fingerprint density at radius 3 is 2.52 bits per heavy atom. The van der Waals surface area contributed by atoms with Gasteiger partial charge >= 0.3 is 0 Å². The van der Waals surface area contributed by atoms with Crippen molar-refractivity contribution >= 4 is 28.4 Å². The van der Waals surface area contributed by atoms with Gasteiger partial charge in [0.05, 0.1) is 19.2 Å². The van der Waals surface area contributed by atoms with E-state index in [2.05, 4.69) is 12.2 Å². The number of nitrogens with one attached hydrogen (secondary N) is 1. The summed E-state index contributed by atoms with van der Waals surface area (Å²) in [7, 11) is 1.63. The number of aromatic nitrogens is 1. The summed E-state index contributed by atoms with van der Waals surface area (Å²) in [5, 5.41) is 4.21. The minimum Gasteiger partial charge on any atom is -0.497 e. The third-order valence-corrected chi connectivity index (χ3v) is 7.28. The molecule has 1 aliphatic carbocycles. The molecule has 1 saturated carbocycles. The van der Waals surface area contributed by atoms with Gasteiger partial charge < -0.3 is 14.6 Å². The van der Waals surface area contributed by atoms with Gasteiger partial charge in [0.2, 0.25) is 5.91 Å². The molecule has 6 nitrogen and oxygen atoms in total. The van der Waals surface area contributed by atoms with Crippen LogP contribution in [0.4, 0.5) is 5.69 Å². The van der Waals surface area contributed by atoms with Gasteiger partial charge in [0.1, 0.15) is 17.0 Å². The first-order valence-corrected chi connectivity index (χ1v) is 11.9. The van der Waals surface area contributed by atoms with Crippen molar-refractivity contribution in [2.24, 2.45) is 0 Å². The summed E-state index contributed by atoms with van der Waals surface area (Å²) in [6, 6.07) is 15.9. The Bertz CT molecular complexity index is 1210. The lowest BCUT2D eigenvalue weighted by Crippen LogP contribution is -2.65. The van der Waals surface area contributed by atoms with Crippen molar-refractivity contribution in [1.29, 1.82) is 0 Å². The molecule has 2 aliphatic rings. The van der Waals surface area contributed by atoms with Crippen molar-refractivity contribution in [2.45, 2.75) is 64.1 Å². The molecule has 1 N–H and O–H groups in total. The molecule has 0 radical (unpaired) electrons. The van der Waals surface area contributed by atoms with E-state index >= 15 is 0 Å². The van der Waals surface area contributed by atoms with Gasteiger partial charge in [-0.2, -0.15) is 0 Å². The van der Waals surface area contributed by atoms with Gasteiger partial charge in [-0.25, -0.2) is 0 Å². The fraction of sp³-hybridized carbons (Fsp3) is 0.407. The number of anilines is 1. The highest BCUT2D eigenvalue weighted by molar-refractivity contribution is 6.14. The second-order valence-electron chi connectivity index (χ2n) is 9.43.